The number of fused-ring (bicyclic) bond motifs is 11. The summed E-state index contributed by atoms with van der Waals surface area (Å²) in [4.78, 5) is 0. The highest BCUT2D eigenvalue weighted by Gasteiger charge is 2.25. The van der Waals surface area contributed by atoms with Crippen molar-refractivity contribution in [3.63, 3.8) is 0 Å². The van der Waals surface area contributed by atoms with Gasteiger partial charge in [-0.15, -0.1) is 11.3 Å². The van der Waals surface area contributed by atoms with Gasteiger partial charge in [-0.1, -0.05) is 170 Å². The summed E-state index contributed by atoms with van der Waals surface area (Å²) in [7, 11) is 0. The van der Waals surface area contributed by atoms with Crippen molar-refractivity contribution in [2.45, 2.75) is 0 Å². The lowest BCUT2D eigenvalue weighted by atomic mass is 9.83. The molecule has 1 heteroatoms. The summed E-state index contributed by atoms with van der Waals surface area (Å²) >= 11 is 1.92. The third-order valence-corrected chi connectivity index (χ3v) is 12.8. The maximum atomic E-state index is 2.39. The minimum Gasteiger partial charge on any atom is -0.135 e. The van der Waals surface area contributed by atoms with E-state index >= 15 is 0 Å². The molecule has 0 atom stereocenters. The maximum absolute atomic E-state index is 2.39. The van der Waals surface area contributed by atoms with Crippen molar-refractivity contribution < 1.29 is 0 Å². The fourth-order valence-corrected chi connectivity index (χ4v) is 10.6. The Balaban J connectivity index is 1.19. The van der Waals surface area contributed by atoms with Gasteiger partial charge in [-0.25, -0.2) is 0 Å². The second kappa shape index (κ2) is 11.0. The van der Waals surface area contributed by atoms with Crippen molar-refractivity contribution in [2.24, 2.45) is 0 Å². The van der Waals surface area contributed by atoms with E-state index in [1.807, 2.05) is 11.3 Å². The van der Waals surface area contributed by atoms with E-state index in [9.17, 15) is 0 Å². The van der Waals surface area contributed by atoms with E-state index in [-0.39, 0.29) is 0 Å². The Morgan fingerprint density at radius 2 is 0.679 bits per heavy atom. The summed E-state index contributed by atoms with van der Waals surface area (Å²) < 4.78 is 2.68. The molecule has 0 bridgehead atoms. The van der Waals surface area contributed by atoms with Gasteiger partial charge in [-0.3, -0.25) is 0 Å². The first kappa shape index (κ1) is 29.1. The Morgan fingerprint density at radius 3 is 1.30 bits per heavy atom. The molecule has 0 aliphatic heterocycles. The molecule has 0 N–H and O–H groups in total. The van der Waals surface area contributed by atoms with E-state index in [0.717, 1.165) is 0 Å². The van der Waals surface area contributed by atoms with Crippen molar-refractivity contribution in [1.82, 2.24) is 0 Å². The van der Waals surface area contributed by atoms with E-state index in [2.05, 4.69) is 182 Å². The highest BCUT2D eigenvalue weighted by Crippen LogP contribution is 2.52. The van der Waals surface area contributed by atoms with Crippen LogP contribution in [0.3, 0.4) is 0 Å². The smallest absolute Gasteiger partial charge is 0.0434 e. The molecule has 0 fully saturated rings. The molecule has 0 nitrogen and oxygen atoms in total. The molecule has 1 heterocycles. The third-order valence-electron chi connectivity index (χ3n) is 11.6. The van der Waals surface area contributed by atoms with Gasteiger partial charge in [0.1, 0.15) is 0 Å². The number of hydrogen-bond donors (Lipinski definition) is 0. The quantitative estimate of drug-likeness (QED) is 0.159. The number of thiophene rings is 1. The predicted octanol–water partition coefficient (Wildman–Crippen LogP) is 15.3. The minimum atomic E-state index is 1.27. The highest BCUT2D eigenvalue weighted by atomic mass is 32.1. The molecule has 10 aromatic carbocycles. The Kier molecular flexibility index (Phi) is 6.03. The third kappa shape index (κ3) is 4.06. The van der Waals surface area contributed by atoms with Crippen LogP contribution >= 0.6 is 11.3 Å². The second-order valence-corrected chi connectivity index (χ2v) is 15.4. The fourth-order valence-electron chi connectivity index (χ4n) is 9.37. The zero-order valence-corrected chi connectivity index (χ0v) is 29.5. The van der Waals surface area contributed by atoms with E-state index in [4.69, 9.17) is 0 Å². The molecule has 53 heavy (non-hydrogen) atoms. The average molecular weight is 687 g/mol. The van der Waals surface area contributed by atoms with Crippen LogP contribution in [0.4, 0.5) is 0 Å². The van der Waals surface area contributed by atoms with Gasteiger partial charge in [0.05, 0.1) is 0 Å². The monoisotopic (exact) mass is 686 g/mol. The first-order valence-corrected chi connectivity index (χ1v) is 19.2. The maximum Gasteiger partial charge on any atom is 0.0434 e. The topological polar surface area (TPSA) is 0 Å². The first-order valence-electron chi connectivity index (χ1n) is 18.3. The van der Waals surface area contributed by atoms with Gasteiger partial charge in [0.15, 0.2) is 0 Å². The Morgan fingerprint density at radius 1 is 0.264 bits per heavy atom. The molecular formula is C52H30S. The second-order valence-electron chi connectivity index (χ2n) is 14.3. The van der Waals surface area contributed by atoms with Gasteiger partial charge in [0, 0.05) is 25.7 Å². The molecule has 244 valence electrons. The highest BCUT2D eigenvalue weighted by molar-refractivity contribution is 7.26. The Bertz CT molecular complexity index is 3230. The van der Waals surface area contributed by atoms with E-state index in [0.29, 0.717) is 0 Å². The zero-order chi connectivity index (χ0) is 34.6. The summed E-state index contributed by atoms with van der Waals surface area (Å²) in [5.41, 5.74) is 12.9. The molecule has 1 aromatic heterocycles. The van der Waals surface area contributed by atoms with Crippen molar-refractivity contribution in [1.29, 1.82) is 0 Å². The molecule has 1 aliphatic carbocycles. The van der Waals surface area contributed by atoms with Crippen LogP contribution in [0.15, 0.2) is 182 Å². The fraction of sp³-hybridized carbons (Fsp3) is 0. The molecule has 0 saturated carbocycles. The summed E-state index contributed by atoms with van der Waals surface area (Å²) in [5, 5.41) is 13.0. The molecule has 0 spiro atoms. The average Bonchev–Trinajstić information content (AvgIpc) is 3.53. The molecule has 11 aromatic rings. The standard InChI is InChI=1S/C52H30S/c1-2-14-32-30-48-47(29-31(32)13-1)45-25-12-26-46(52(45)53-48)51-40-21-9-7-19-38(40)50(39-20-8-10-22-41(39)51)44-28-27-43-36-18-6-4-16-34(36)33-15-3-5-17-35(33)37-23-11-24-42(44)49(37)43/h1-30H. The largest absolute Gasteiger partial charge is 0.135 e. The minimum absolute atomic E-state index is 1.27. The van der Waals surface area contributed by atoms with Crippen LogP contribution in [0.1, 0.15) is 0 Å². The lowest BCUT2D eigenvalue weighted by Gasteiger charge is -2.20. The van der Waals surface area contributed by atoms with E-state index < -0.39 is 0 Å². The van der Waals surface area contributed by atoms with Crippen molar-refractivity contribution in [3.05, 3.63) is 182 Å². The summed E-state index contributed by atoms with van der Waals surface area (Å²) in [6, 6.07) is 68.0. The lowest BCUT2D eigenvalue weighted by molar-refractivity contribution is 1.62. The molecule has 0 saturated heterocycles. The van der Waals surface area contributed by atoms with E-state index in [1.54, 1.807) is 0 Å². The predicted molar refractivity (Wildman–Crippen MR) is 230 cm³/mol. The van der Waals surface area contributed by atoms with Crippen LogP contribution in [-0.4, -0.2) is 0 Å². The molecular weight excluding hydrogens is 657 g/mol. The van der Waals surface area contributed by atoms with Crippen LogP contribution in [0.25, 0.3) is 119 Å². The van der Waals surface area contributed by atoms with Crippen LogP contribution in [0.2, 0.25) is 0 Å². The van der Waals surface area contributed by atoms with Gasteiger partial charge < -0.3 is 0 Å². The zero-order valence-electron chi connectivity index (χ0n) is 28.7. The van der Waals surface area contributed by atoms with Crippen LogP contribution in [0, 0.1) is 0 Å². The summed E-state index contributed by atoms with van der Waals surface area (Å²) in [6.45, 7) is 0. The van der Waals surface area contributed by atoms with Gasteiger partial charge in [-0.05, 0) is 105 Å². The van der Waals surface area contributed by atoms with Crippen LogP contribution in [0.5, 0.6) is 0 Å². The Labute approximate surface area is 310 Å². The number of hydrogen-bond acceptors (Lipinski definition) is 1. The van der Waals surface area contributed by atoms with Crippen LogP contribution in [-0.2, 0) is 0 Å². The first-order chi connectivity index (χ1) is 26.3. The number of rotatable bonds is 2. The van der Waals surface area contributed by atoms with Crippen molar-refractivity contribution >= 4 is 74.6 Å². The molecule has 0 radical (unpaired) electrons. The van der Waals surface area contributed by atoms with Gasteiger partial charge in [0.25, 0.3) is 0 Å². The molecule has 0 unspecified atom stereocenters. The SMILES string of the molecule is c1ccc2c(c1)-c1ccccc1-c1ccc(-c3c4ccccc4c(-c4cccc5c4sc4cc6ccccc6cc45)c4ccccc34)c3cccc-2c13. The normalized spacial score (nSPS) is 12.2. The van der Waals surface area contributed by atoms with Gasteiger partial charge >= 0.3 is 0 Å². The van der Waals surface area contributed by atoms with Gasteiger partial charge in [0.2, 0.25) is 0 Å². The lowest BCUT2D eigenvalue weighted by Crippen LogP contribution is -1.93. The number of benzene rings is 10. The molecule has 12 rings (SSSR count). The van der Waals surface area contributed by atoms with Crippen molar-refractivity contribution in [2.75, 3.05) is 0 Å². The molecule has 0 amide bonds. The van der Waals surface area contributed by atoms with Gasteiger partial charge in [-0.2, -0.15) is 0 Å². The van der Waals surface area contributed by atoms with E-state index in [1.165, 1.54) is 119 Å². The molecule has 1 aliphatic rings. The Hall–Kier alpha value is -6.54. The van der Waals surface area contributed by atoms with Crippen molar-refractivity contribution in [3.8, 4) is 55.6 Å². The summed E-state index contributed by atoms with van der Waals surface area (Å²) in [6.07, 6.45) is 0. The summed E-state index contributed by atoms with van der Waals surface area (Å²) in [5.74, 6) is 0. The van der Waals surface area contributed by atoms with Crippen LogP contribution < -0.4 is 0 Å².